The predicted molar refractivity (Wildman–Crippen MR) is 85.0 cm³/mol. The molecule has 1 N–H and O–H groups in total. The molecule has 2 aromatic carbocycles. The summed E-state index contributed by atoms with van der Waals surface area (Å²) in [7, 11) is 3.60. The molecule has 1 atom stereocenters. The van der Waals surface area contributed by atoms with Gasteiger partial charge in [0.25, 0.3) is 0 Å². The Morgan fingerprint density at radius 3 is 2.50 bits per heavy atom. The average molecular weight is 310 g/mol. The van der Waals surface area contributed by atoms with Gasteiger partial charge in [0.1, 0.15) is 5.75 Å². The summed E-state index contributed by atoms with van der Waals surface area (Å²) in [4.78, 5) is 0. The lowest BCUT2D eigenvalue weighted by Crippen LogP contribution is -2.19. The van der Waals surface area contributed by atoms with Crippen LogP contribution in [-0.4, -0.2) is 14.2 Å². The molecular weight excluding hydrogens is 293 g/mol. The van der Waals surface area contributed by atoms with Gasteiger partial charge in [0, 0.05) is 16.1 Å². The molecule has 0 fully saturated rings. The fourth-order valence-corrected chi connectivity index (χ4v) is 2.63. The molecule has 0 aliphatic carbocycles. The molecule has 106 valence electrons. The first kappa shape index (κ1) is 15.2. The van der Waals surface area contributed by atoms with E-state index in [1.54, 1.807) is 7.11 Å². The smallest absolute Gasteiger partial charge is 0.122 e. The SMILES string of the molecule is CNC(Cc1cc(Cl)ccc1OC)c1cccc(Cl)c1. The third-order valence-corrected chi connectivity index (χ3v) is 3.74. The zero-order valence-electron chi connectivity index (χ0n) is 11.5. The second-order valence-electron chi connectivity index (χ2n) is 4.56. The van der Waals surface area contributed by atoms with Crippen LogP contribution in [0.4, 0.5) is 0 Å². The van der Waals surface area contributed by atoms with Gasteiger partial charge in [-0.15, -0.1) is 0 Å². The summed E-state index contributed by atoms with van der Waals surface area (Å²) >= 11 is 12.1. The van der Waals surface area contributed by atoms with Crippen molar-refractivity contribution in [3.8, 4) is 5.75 Å². The summed E-state index contributed by atoms with van der Waals surface area (Å²) in [5, 5.41) is 4.75. The molecule has 0 aromatic heterocycles. The molecule has 2 aromatic rings. The van der Waals surface area contributed by atoms with Gasteiger partial charge in [-0.25, -0.2) is 0 Å². The molecule has 0 aliphatic heterocycles. The van der Waals surface area contributed by atoms with Crippen LogP contribution in [0, 0.1) is 0 Å². The molecule has 0 saturated carbocycles. The number of rotatable bonds is 5. The maximum atomic E-state index is 6.07. The molecule has 0 amide bonds. The summed E-state index contributed by atoms with van der Waals surface area (Å²) in [6, 6.07) is 13.7. The average Bonchev–Trinajstić information content (AvgIpc) is 2.45. The first-order valence-corrected chi connectivity index (χ1v) is 7.14. The molecule has 0 bridgehead atoms. The highest BCUT2D eigenvalue weighted by Crippen LogP contribution is 2.28. The van der Waals surface area contributed by atoms with Crippen LogP contribution in [0.5, 0.6) is 5.75 Å². The van der Waals surface area contributed by atoms with Gasteiger partial charge in [-0.3, -0.25) is 0 Å². The number of methoxy groups -OCH3 is 1. The molecule has 4 heteroatoms. The second-order valence-corrected chi connectivity index (χ2v) is 5.43. The lowest BCUT2D eigenvalue weighted by Gasteiger charge is -2.19. The Kier molecular flexibility index (Phi) is 5.30. The minimum absolute atomic E-state index is 0.154. The zero-order chi connectivity index (χ0) is 14.5. The minimum atomic E-state index is 0.154. The number of hydrogen-bond donors (Lipinski definition) is 1. The highest BCUT2D eigenvalue weighted by Gasteiger charge is 2.14. The van der Waals surface area contributed by atoms with E-state index in [0.29, 0.717) is 5.02 Å². The van der Waals surface area contributed by atoms with Crippen molar-refractivity contribution in [1.29, 1.82) is 0 Å². The third-order valence-electron chi connectivity index (χ3n) is 3.27. The van der Waals surface area contributed by atoms with Crippen LogP contribution in [0.3, 0.4) is 0 Å². The molecule has 0 aliphatic rings. The summed E-state index contributed by atoms with van der Waals surface area (Å²) < 4.78 is 5.39. The summed E-state index contributed by atoms with van der Waals surface area (Å²) in [5.41, 5.74) is 2.21. The molecule has 0 spiro atoms. The monoisotopic (exact) mass is 309 g/mol. The molecule has 1 unspecified atom stereocenters. The van der Waals surface area contributed by atoms with E-state index >= 15 is 0 Å². The zero-order valence-corrected chi connectivity index (χ0v) is 13.0. The van der Waals surface area contributed by atoms with Gasteiger partial charge in [0.15, 0.2) is 0 Å². The Morgan fingerprint density at radius 1 is 1.10 bits per heavy atom. The van der Waals surface area contributed by atoms with E-state index < -0.39 is 0 Å². The van der Waals surface area contributed by atoms with Crippen LogP contribution in [0.25, 0.3) is 0 Å². The van der Waals surface area contributed by atoms with E-state index in [4.69, 9.17) is 27.9 Å². The van der Waals surface area contributed by atoms with Gasteiger partial charge in [0.2, 0.25) is 0 Å². The quantitative estimate of drug-likeness (QED) is 0.877. The summed E-state index contributed by atoms with van der Waals surface area (Å²) in [5.74, 6) is 0.844. The Bertz CT molecular complexity index is 586. The minimum Gasteiger partial charge on any atom is -0.496 e. The van der Waals surface area contributed by atoms with E-state index in [1.807, 2.05) is 43.4 Å². The van der Waals surface area contributed by atoms with Crippen LogP contribution in [0.1, 0.15) is 17.2 Å². The van der Waals surface area contributed by atoms with E-state index in [1.165, 1.54) is 0 Å². The fraction of sp³-hybridized carbons (Fsp3) is 0.250. The van der Waals surface area contributed by atoms with Gasteiger partial charge in [-0.2, -0.15) is 0 Å². The second kappa shape index (κ2) is 6.98. The number of ether oxygens (including phenoxy) is 1. The lowest BCUT2D eigenvalue weighted by molar-refractivity contribution is 0.406. The Labute approximate surface area is 129 Å². The van der Waals surface area contributed by atoms with Gasteiger partial charge in [-0.05, 0) is 54.9 Å². The molecule has 20 heavy (non-hydrogen) atoms. The third kappa shape index (κ3) is 3.66. The number of nitrogens with one attached hydrogen (secondary N) is 1. The predicted octanol–water partition coefficient (Wildman–Crippen LogP) is 4.51. The molecule has 2 nitrogen and oxygen atoms in total. The van der Waals surface area contributed by atoms with Crippen LogP contribution in [0.2, 0.25) is 10.0 Å². The van der Waals surface area contributed by atoms with Crippen molar-refractivity contribution < 1.29 is 4.74 Å². The van der Waals surface area contributed by atoms with E-state index in [-0.39, 0.29) is 6.04 Å². The molecular formula is C16H17Cl2NO. The first-order valence-electron chi connectivity index (χ1n) is 6.39. The number of likely N-dealkylation sites (N-methyl/N-ethyl adjacent to an activating group) is 1. The van der Waals surface area contributed by atoms with Crippen molar-refractivity contribution in [3.63, 3.8) is 0 Å². The normalized spacial score (nSPS) is 12.2. The summed E-state index contributed by atoms with van der Waals surface area (Å²) in [6.07, 6.45) is 0.778. The van der Waals surface area contributed by atoms with Crippen LogP contribution in [0.15, 0.2) is 42.5 Å². The maximum absolute atomic E-state index is 6.07. The van der Waals surface area contributed by atoms with Crippen LogP contribution >= 0.6 is 23.2 Å². The fourth-order valence-electron chi connectivity index (χ4n) is 2.24. The Hall–Kier alpha value is -1.22. The highest BCUT2D eigenvalue weighted by molar-refractivity contribution is 6.31. The van der Waals surface area contributed by atoms with E-state index in [2.05, 4.69) is 11.4 Å². The van der Waals surface area contributed by atoms with Crippen molar-refractivity contribution in [2.24, 2.45) is 0 Å². The van der Waals surface area contributed by atoms with Crippen molar-refractivity contribution in [3.05, 3.63) is 63.6 Å². The van der Waals surface area contributed by atoms with Crippen molar-refractivity contribution >= 4 is 23.2 Å². The Morgan fingerprint density at radius 2 is 1.85 bits per heavy atom. The number of benzene rings is 2. The van der Waals surface area contributed by atoms with Crippen LogP contribution in [-0.2, 0) is 6.42 Å². The molecule has 2 rings (SSSR count). The standard InChI is InChI=1S/C16H17Cl2NO/c1-19-15(11-4-3-5-13(17)8-11)10-12-9-14(18)6-7-16(12)20-2/h3-9,15,19H,10H2,1-2H3. The summed E-state index contributed by atoms with van der Waals surface area (Å²) in [6.45, 7) is 0. The first-order chi connectivity index (χ1) is 9.63. The molecule has 0 heterocycles. The molecule has 0 saturated heterocycles. The van der Waals surface area contributed by atoms with E-state index in [0.717, 1.165) is 28.3 Å². The van der Waals surface area contributed by atoms with Crippen molar-refractivity contribution in [2.75, 3.05) is 14.2 Å². The van der Waals surface area contributed by atoms with Gasteiger partial charge < -0.3 is 10.1 Å². The van der Waals surface area contributed by atoms with Gasteiger partial charge in [-0.1, -0.05) is 35.3 Å². The number of halogens is 2. The van der Waals surface area contributed by atoms with Crippen molar-refractivity contribution in [1.82, 2.24) is 5.32 Å². The number of hydrogen-bond acceptors (Lipinski definition) is 2. The highest BCUT2D eigenvalue weighted by atomic mass is 35.5. The Balaban J connectivity index is 2.28. The van der Waals surface area contributed by atoms with Crippen LogP contribution < -0.4 is 10.1 Å². The van der Waals surface area contributed by atoms with Crippen molar-refractivity contribution in [2.45, 2.75) is 12.5 Å². The largest absolute Gasteiger partial charge is 0.496 e. The van der Waals surface area contributed by atoms with Gasteiger partial charge in [0.05, 0.1) is 7.11 Å². The maximum Gasteiger partial charge on any atom is 0.122 e. The topological polar surface area (TPSA) is 21.3 Å². The van der Waals surface area contributed by atoms with Gasteiger partial charge >= 0.3 is 0 Å². The lowest BCUT2D eigenvalue weighted by atomic mass is 9.98. The van der Waals surface area contributed by atoms with E-state index in [9.17, 15) is 0 Å². The molecule has 0 radical (unpaired) electrons.